The summed E-state index contributed by atoms with van der Waals surface area (Å²) in [5.74, 6) is -0.775. The van der Waals surface area contributed by atoms with Gasteiger partial charge in [0.2, 0.25) is 5.91 Å². The van der Waals surface area contributed by atoms with Crippen LogP contribution in [0.3, 0.4) is 0 Å². The van der Waals surface area contributed by atoms with E-state index in [0.717, 1.165) is 29.1 Å². The van der Waals surface area contributed by atoms with Crippen LogP contribution in [-0.4, -0.2) is 61.4 Å². The first kappa shape index (κ1) is 27.6. The Balaban J connectivity index is 1.72. The van der Waals surface area contributed by atoms with Gasteiger partial charge >= 0.3 is 0 Å². The zero-order valence-corrected chi connectivity index (χ0v) is 22.1. The van der Waals surface area contributed by atoms with E-state index in [2.05, 4.69) is 30.9 Å². The Labute approximate surface area is 220 Å². The van der Waals surface area contributed by atoms with Gasteiger partial charge < -0.3 is 15.4 Å². The van der Waals surface area contributed by atoms with E-state index >= 15 is 0 Å². The maximum atomic E-state index is 13.1. The Morgan fingerprint density at radius 1 is 1.22 bits per heavy atom. The molecule has 36 heavy (non-hydrogen) atoms. The van der Waals surface area contributed by atoms with E-state index in [1.54, 1.807) is 25.4 Å². The lowest BCUT2D eigenvalue weighted by molar-refractivity contribution is -0.118. The monoisotopic (exact) mass is 535 g/mol. The van der Waals surface area contributed by atoms with Crippen molar-refractivity contribution in [1.29, 1.82) is 0 Å². The van der Waals surface area contributed by atoms with Gasteiger partial charge in [0.1, 0.15) is 16.6 Å². The highest BCUT2D eigenvalue weighted by molar-refractivity contribution is 6.44. The second-order valence-corrected chi connectivity index (χ2v) is 9.50. The number of amides is 2. The molecule has 0 fully saturated rings. The Hall–Kier alpha value is -2.95. The second-order valence-electron chi connectivity index (χ2n) is 8.23. The number of rotatable bonds is 13. The molecule has 0 aliphatic rings. The molecule has 0 saturated heterocycles. The molecule has 0 aliphatic carbocycles. The van der Waals surface area contributed by atoms with Crippen LogP contribution in [0.15, 0.2) is 30.6 Å². The van der Waals surface area contributed by atoms with E-state index in [-0.39, 0.29) is 5.91 Å². The quantitative estimate of drug-likeness (QED) is 0.285. The summed E-state index contributed by atoms with van der Waals surface area (Å²) in [7, 11) is 1.57. The van der Waals surface area contributed by atoms with Crippen molar-refractivity contribution in [3.05, 3.63) is 47.7 Å². The predicted molar refractivity (Wildman–Crippen MR) is 139 cm³/mol. The zero-order chi connectivity index (χ0) is 26.1. The molecule has 3 N–H and O–H groups in total. The highest BCUT2D eigenvalue weighted by Gasteiger charge is 2.24. The fraction of sp³-hybridized carbons (Fsp3) is 0.458. The van der Waals surface area contributed by atoms with Crippen LogP contribution >= 0.6 is 23.2 Å². The lowest BCUT2D eigenvalue weighted by Gasteiger charge is -2.19. The van der Waals surface area contributed by atoms with Crippen LogP contribution in [0.1, 0.15) is 48.1 Å². The lowest BCUT2D eigenvalue weighted by atomic mass is 10.1. The predicted octanol–water partition coefficient (Wildman–Crippen LogP) is 3.90. The summed E-state index contributed by atoms with van der Waals surface area (Å²) in [5.41, 5.74) is 4.44. The van der Waals surface area contributed by atoms with Crippen molar-refractivity contribution >= 4 is 40.7 Å². The average Bonchev–Trinajstić information content (AvgIpc) is 3.48. The first-order valence-electron chi connectivity index (χ1n) is 11.7. The number of ether oxygens (including phenoxy) is 1. The number of carbonyl (C=O) groups excluding carboxylic acids is 2. The lowest BCUT2D eigenvalue weighted by Crippen LogP contribution is -2.44. The molecule has 0 saturated carbocycles. The summed E-state index contributed by atoms with van der Waals surface area (Å²) >= 11 is 11.7. The Kier molecular flexibility index (Phi) is 10.3. The number of carbonyl (C=O) groups is 2. The van der Waals surface area contributed by atoms with Gasteiger partial charge in [0.05, 0.1) is 36.4 Å². The number of alkyl halides is 2. The van der Waals surface area contributed by atoms with Gasteiger partial charge in [0.15, 0.2) is 0 Å². The van der Waals surface area contributed by atoms with Gasteiger partial charge in [0, 0.05) is 24.6 Å². The molecule has 0 aliphatic heterocycles. The number of halogens is 2. The number of anilines is 1. The standard InChI is InChI=1S/C24H31Cl2N7O3/c1-4-17-22(15(2)31-32-17)18-9-8-16(14-27-18)29-23(34)19(6-5-7-21(25)26)30-24(35)20-10-11-28-33(20)12-13-36-3/h8-11,14,19,21H,4-7,12-13H2,1-3H3,(H,29,34)(H,30,35)(H,31,32)/t19-/m0/s1. The summed E-state index contributed by atoms with van der Waals surface area (Å²) < 4.78 is 6.60. The highest BCUT2D eigenvalue weighted by atomic mass is 35.5. The van der Waals surface area contributed by atoms with E-state index in [4.69, 9.17) is 27.9 Å². The number of pyridine rings is 1. The van der Waals surface area contributed by atoms with E-state index in [1.807, 2.05) is 19.9 Å². The molecule has 3 aromatic rings. The normalized spacial score (nSPS) is 12.1. The number of H-pyrrole nitrogens is 1. The van der Waals surface area contributed by atoms with Gasteiger partial charge in [-0.1, -0.05) is 6.92 Å². The number of aryl methyl sites for hydroxylation is 2. The third-order valence-corrected chi connectivity index (χ3v) is 6.07. The third-order valence-electron chi connectivity index (χ3n) is 5.64. The van der Waals surface area contributed by atoms with E-state index in [1.165, 1.54) is 10.9 Å². The van der Waals surface area contributed by atoms with Crippen LogP contribution < -0.4 is 10.6 Å². The van der Waals surface area contributed by atoms with Gasteiger partial charge in [-0.25, -0.2) is 0 Å². The minimum Gasteiger partial charge on any atom is -0.383 e. The number of hydrogen-bond donors (Lipinski definition) is 3. The highest BCUT2D eigenvalue weighted by Crippen LogP contribution is 2.25. The van der Waals surface area contributed by atoms with E-state index < -0.39 is 16.8 Å². The molecule has 0 aromatic carbocycles. The molecule has 2 amide bonds. The first-order chi connectivity index (χ1) is 17.3. The number of nitrogens with zero attached hydrogens (tertiary/aromatic N) is 4. The van der Waals surface area contributed by atoms with E-state index in [9.17, 15) is 9.59 Å². The Bertz CT molecular complexity index is 1150. The molecule has 3 heterocycles. The number of aromatic amines is 1. The van der Waals surface area contributed by atoms with E-state index in [0.29, 0.717) is 43.8 Å². The molecule has 0 spiro atoms. The SMILES string of the molecule is CCc1n[nH]c(C)c1-c1ccc(NC(=O)[C@H](CCCC(Cl)Cl)NC(=O)c2ccnn2CCOC)cn1. The molecular weight excluding hydrogens is 505 g/mol. The number of nitrogens with one attached hydrogen (secondary N) is 3. The number of hydrogen-bond acceptors (Lipinski definition) is 6. The largest absolute Gasteiger partial charge is 0.383 e. The van der Waals surface area contributed by atoms with Crippen LogP contribution in [0.4, 0.5) is 5.69 Å². The molecule has 194 valence electrons. The average molecular weight is 536 g/mol. The van der Waals surface area contributed by atoms with Crippen molar-refractivity contribution in [2.45, 2.75) is 57.0 Å². The smallest absolute Gasteiger partial charge is 0.270 e. The molecular formula is C24H31Cl2N7O3. The van der Waals surface area contributed by atoms with Gasteiger partial charge in [-0.2, -0.15) is 10.2 Å². The molecule has 0 radical (unpaired) electrons. The first-order valence-corrected chi connectivity index (χ1v) is 12.6. The summed E-state index contributed by atoms with van der Waals surface area (Å²) in [6, 6.07) is 4.40. The fourth-order valence-electron chi connectivity index (χ4n) is 3.78. The number of methoxy groups -OCH3 is 1. The van der Waals surface area contributed by atoms with Crippen molar-refractivity contribution < 1.29 is 14.3 Å². The van der Waals surface area contributed by atoms with Crippen molar-refractivity contribution in [1.82, 2.24) is 30.3 Å². The second kappa shape index (κ2) is 13.4. The molecule has 1 atom stereocenters. The van der Waals surface area contributed by atoms with Crippen molar-refractivity contribution in [2.24, 2.45) is 0 Å². The summed E-state index contributed by atoms with van der Waals surface area (Å²) in [5, 5.41) is 17.1. The maximum absolute atomic E-state index is 13.1. The maximum Gasteiger partial charge on any atom is 0.270 e. The molecule has 0 bridgehead atoms. The topological polar surface area (TPSA) is 127 Å². The van der Waals surface area contributed by atoms with Crippen molar-refractivity contribution in [2.75, 3.05) is 19.0 Å². The van der Waals surface area contributed by atoms with Crippen molar-refractivity contribution in [3.8, 4) is 11.3 Å². The molecule has 3 rings (SSSR count). The van der Waals surface area contributed by atoms with Crippen LogP contribution in [0, 0.1) is 6.92 Å². The fourth-order valence-corrected chi connectivity index (χ4v) is 4.09. The van der Waals surface area contributed by atoms with Gasteiger partial charge in [-0.15, -0.1) is 23.2 Å². The molecule has 3 aromatic heterocycles. The minimum atomic E-state index is -0.808. The van der Waals surface area contributed by atoms with Crippen LogP contribution in [0.5, 0.6) is 0 Å². The zero-order valence-electron chi connectivity index (χ0n) is 20.6. The summed E-state index contributed by atoms with van der Waals surface area (Å²) in [4.78, 5) is 30.1. The molecule has 10 nitrogen and oxygen atoms in total. The van der Waals surface area contributed by atoms with Gasteiger partial charge in [-0.05, 0) is 50.8 Å². The van der Waals surface area contributed by atoms with Crippen molar-refractivity contribution in [3.63, 3.8) is 0 Å². The van der Waals surface area contributed by atoms with Crippen LogP contribution in [0.2, 0.25) is 0 Å². The van der Waals surface area contributed by atoms with Gasteiger partial charge in [-0.3, -0.25) is 24.4 Å². The summed E-state index contributed by atoms with van der Waals surface area (Å²) in [6.07, 6.45) is 5.30. The number of aromatic nitrogens is 5. The van der Waals surface area contributed by atoms with Crippen LogP contribution in [-0.2, 0) is 22.5 Å². The van der Waals surface area contributed by atoms with Crippen LogP contribution in [0.25, 0.3) is 11.3 Å². The summed E-state index contributed by atoms with van der Waals surface area (Å²) in [6.45, 7) is 4.79. The molecule has 12 heteroatoms. The Morgan fingerprint density at radius 3 is 2.69 bits per heavy atom. The molecule has 0 unspecified atom stereocenters. The Morgan fingerprint density at radius 2 is 2.03 bits per heavy atom. The third kappa shape index (κ3) is 7.28. The minimum absolute atomic E-state index is 0.339. The van der Waals surface area contributed by atoms with Gasteiger partial charge in [0.25, 0.3) is 5.91 Å².